The molecule has 28 heavy (non-hydrogen) atoms. The second kappa shape index (κ2) is 7.64. The summed E-state index contributed by atoms with van der Waals surface area (Å²) < 4.78 is 5.68. The summed E-state index contributed by atoms with van der Waals surface area (Å²) in [6.07, 6.45) is 0.890. The number of carbonyl (C=O) groups excluding carboxylic acids is 2. The number of nitrogens with zero attached hydrogens (tertiary/aromatic N) is 2. The van der Waals surface area contributed by atoms with Gasteiger partial charge in [0.2, 0.25) is 0 Å². The van der Waals surface area contributed by atoms with Gasteiger partial charge in [0.25, 0.3) is 5.91 Å². The molecule has 6 nitrogen and oxygen atoms in total. The Labute approximate surface area is 165 Å². The SMILES string of the molecule is CC1CN(C(=O)Nc2cccc(C(=O)N3CCc4ccccc43)c2)CC(C)O1. The van der Waals surface area contributed by atoms with Crippen molar-refractivity contribution < 1.29 is 14.3 Å². The highest BCUT2D eigenvalue weighted by atomic mass is 16.5. The van der Waals surface area contributed by atoms with Crippen molar-refractivity contribution in [2.24, 2.45) is 0 Å². The molecule has 0 aliphatic carbocycles. The molecule has 0 saturated carbocycles. The van der Waals surface area contributed by atoms with Crippen molar-refractivity contribution in [3.05, 3.63) is 59.7 Å². The summed E-state index contributed by atoms with van der Waals surface area (Å²) in [6.45, 7) is 5.71. The molecule has 4 rings (SSSR count). The number of urea groups is 1. The number of carbonyl (C=O) groups is 2. The number of amides is 3. The lowest BCUT2D eigenvalue weighted by Crippen LogP contribution is -2.49. The van der Waals surface area contributed by atoms with E-state index in [1.807, 2.05) is 36.9 Å². The van der Waals surface area contributed by atoms with E-state index in [2.05, 4.69) is 11.4 Å². The zero-order chi connectivity index (χ0) is 19.7. The van der Waals surface area contributed by atoms with E-state index < -0.39 is 0 Å². The topological polar surface area (TPSA) is 61.9 Å². The molecule has 3 amide bonds. The smallest absolute Gasteiger partial charge is 0.322 e. The number of anilines is 2. The van der Waals surface area contributed by atoms with Crippen molar-refractivity contribution in [3.8, 4) is 0 Å². The molecule has 2 aliphatic rings. The van der Waals surface area contributed by atoms with Gasteiger partial charge in [0.15, 0.2) is 0 Å². The Kier molecular flexibility index (Phi) is 5.05. The van der Waals surface area contributed by atoms with Crippen LogP contribution < -0.4 is 10.2 Å². The number of hydrogen-bond acceptors (Lipinski definition) is 3. The van der Waals surface area contributed by atoms with Crippen LogP contribution in [0.2, 0.25) is 0 Å². The quantitative estimate of drug-likeness (QED) is 0.868. The van der Waals surface area contributed by atoms with Crippen LogP contribution in [0.25, 0.3) is 0 Å². The highest BCUT2D eigenvalue weighted by molar-refractivity contribution is 6.08. The van der Waals surface area contributed by atoms with E-state index in [0.29, 0.717) is 30.9 Å². The van der Waals surface area contributed by atoms with Gasteiger partial charge in [-0.2, -0.15) is 0 Å². The maximum absolute atomic E-state index is 13.0. The molecule has 0 aromatic heterocycles. The molecule has 146 valence electrons. The molecular formula is C22H25N3O3. The third-order valence-electron chi connectivity index (χ3n) is 5.20. The van der Waals surface area contributed by atoms with Crippen molar-refractivity contribution in [1.29, 1.82) is 0 Å². The van der Waals surface area contributed by atoms with Gasteiger partial charge in [0.1, 0.15) is 0 Å². The van der Waals surface area contributed by atoms with Gasteiger partial charge < -0.3 is 19.9 Å². The molecule has 2 aromatic carbocycles. The molecule has 1 N–H and O–H groups in total. The zero-order valence-electron chi connectivity index (χ0n) is 16.2. The standard InChI is InChI=1S/C22H25N3O3/c1-15-13-24(14-16(2)28-15)22(27)23-19-8-5-7-18(12-19)21(26)25-11-10-17-6-3-4-9-20(17)25/h3-9,12,15-16H,10-11,13-14H2,1-2H3,(H,23,27). The molecule has 2 heterocycles. The maximum Gasteiger partial charge on any atom is 0.322 e. The second-order valence-electron chi connectivity index (χ2n) is 7.51. The van der Waals surface area contributed by atoms with Crippen molar-refractivity contribution in [2.45, 2.75) is 32.5 Å². The lowest BCUT2D eigenvalue weighted by atomic mass is 10.1. The van der Waals surface area contributed by atoms with Crippen LogP contribution in [0, 0.1) is 0 Å². The highest BCUT2D eigenvalue weighted by Crippen LogP contribution is 2.29. The van der Waals surface area contributed by atoms with Gasteiger partial charge in [0, 0.05) is 36.6 Å². The number of morpholine rings is 1. The Morgan fingerprint density at radius 3 is 2.57 bits per heavy atom. The van der Waals surface area contributed by atoms with E-state index in [-0.39, 0.29) is 24.1 Å². The predicted molar refractivity (Wildman–Crippen MR) is 109 cm³/mol. The Hall–Kier alpha value is -2.86. The van der Waals surface area contributed by atoms with Crippen molar-refractivity contribution in [2.75, 3.05) is 29.9 Å². The number of hydrogen-bond donors (Lipinski definition) is 1. The molecule has 0 bridgehead atoms. The number of rotatable bonds is 2. The Morgan fingerprint density at radius 1 is 1.04 bits per heavy atom. The minimum Gasteiger partial charge on any atom is -0.372 e. The van der Waals surface area contributed by atoms with Gasteiger partial charge in [-0.3, -0.25) is 4.79 Å². The minimum absolute atomic E-state index is 0.0117. The first-order chi connectivity index (χ1) is 13.5. The van der Waals surface area contributed by atoms with Crippen molar-refractivity contribution in [3.63, 3.8) is 0 Å². The summed E-state index contributed by atoms with van der Waals surface area (Å²) in [6, 6.07) is 15.0. The number of nitrogens with one attached hydrogen (secondary N) is 1. The number of fused-ring (bicyclic) bond motifs is 1. The van der Waals surface area contributed by atoms with Gasteiger partial charge in [-0.1, -0.05) is 24.3 Å². The Morgan fingerprint density at radius 2 is 1.79 bits per heavy atom. The molecule has 6 heteroatoms. The summed E-state index contributed by atoms with van der Waals surface area (Å²) in [5, 5.41) is 2.92. The average Bonchev–Trinajstić information content (AvgIpc) is 3.11. The van der Waals surface area contributed by atoms with Gasteiger partial charge in [-0.25, -0.2) is 4.79 Å². The van der Waals surface area contributed by atoms with Crippen LogP contribution in [0.5, 0.6) is 0 Å². The van der Waals surface area contributed by atoms with E-state index in [1.165, 1.54) is 5.56 Å². The molecule has 1 saturated heterocycles. The minimum atomic E-state index is -0.168. The van der Waals surface area contributed by atoms with E-state index in [9.17, 15) is 9.59 Å². The largest absolute Gasteiger partial charge is 0.372 e. The van der Waals surface area contributed by atoms with Crippen LogP contribution in [-0.2, 0) is 11.2 Å². The van der Waals surface area contributed by atoms with Gasteiger partial charge in [0.05, 0.1) is 12.2 Å². The van der Waals surface area contributed by atoms with Crippen LogP contribution in [0.3, 0.4) is 0 Å². The fourth-order valence-corrected chi connectivity index (χ4v) is 3.98. The van der Waals surface area contributed by atoms with E-state index in [1.54, 1.807) is 29.2 Å². The van der Waals surface area contributed by atoms with Crippen LogP contribution in [0.4, 0.5) is 16.2 Å². The summed E-state index contributed by atoms with van der Waals surface area (Å²) in [5.74, 6) is -0.0466. The molecule has 0 spiro atoms. The summed E-state index contributed by atoms with van der Waals surface area (Å²) in [5.41, 5.74) is 3.35. The third-order valence-corrected chi connectivity index (χ3v) is 5.20. The van der Waals surface area contributed by atoms with E-state index in [4.69, 9.17) is 4.74 Å². The molecule has 2 unspecified atom stereocenters. The first-order valence-electron chi connectivity index (χ1n) is 9.72. The van der Waals surface area contributed by atoms with Crippen molar-refractivity contribution >= 4 is 23.3 Å². The lowest BCUT2D eigenvalue weighted by Gasteiger charge is -2.35. The molecule has 2 aromatic rings. The third kappa shape index (κ3) is 3.73. The normalized spacial score (nSPS) is 21.4. The molecule has 0 radical (unpaired) electrons. The average molecular weight is 379 g/mol. The van der Waals surface area contributed by atoms with Gasteiger partial charge >= 0.3 is 6.03 Å². The van der Waals surface area contributed by atoms with E-state index in [0.717, 1.165) is 12.1 Å². The van der Waals surface area contributed by atoms with Crippen LogP contribution >= 0.6 is 0 Å². The first kappa shape index (κ1) is 18.5. The zero-order valence-corrected chi connectivity index (χ0v) is 16.2. The maximum atomic E-state index is 13.0. The number of ether oxygens (including phenoxy) is 1. The summed E-state index contributed by atoms with van der Waals surface area (Å²) in [4.78, 5) is 29.2. The lowest BCUT2D eigenvalue weighted by molar-refractivity contribution is -0.0530. The van der Waals surface area contributed by atoms with Gasteiger partial charge in [-0.05, 0) is 50.1 Å². The molecular weight excluding hydrogens is 354 g/mol. The predicted octanol–water partition coefficient (Wildman–Crippen LogP) is 3.53. The van der Waals surface area contributed by atoms with E-state index >= 15 is 0 Å². The van der Waals surface area contributed by atoms with Gasteiger partial charge in [-0.15, -0.1) is 0 Å². The van der Waals surface area contributed by atoms with Crippen molar-refractivity contribution in [1.82, 2.24) is 4.90 Å². The fourth-order valence-electron chi connectivity index (χ4n) is 3.98. The van der Waals surface area contributed by atoms with Crippen LogP contribution in [0.15, 0.2) is 48.5 Å². The molecule has 2 atom stereocenters. The monoisotopic (exact) mass is 379 g/mol. The number of para-hydroxylation sites is 1. The van der Waals surface area contributed by atoms with Crippen LogP contribution in [0.1, 0.15) is 29.8 Å². The fraction of sp³-hybridized carbons (Fsp3) is 0.364. The first-order valence-corrected chi connectivity index (χ1v) is 9.72. The highest BCUT2D eigenvalue weighted by Gasteiger charge is 2.27. The molecule has 1 fully saturated rings. The molecule has 2 aliphatic heterocycles. The van der Waals surface area contributed by atoms with Crippen LogP contribution in [-0.4, -0.2) is 48.7 Å². The Bertz CT molecular complexity index is 888. The summed E-state index contributed by atoms with van der Waals surface area (Å²) in [7, 11) is 0. The number of benzene rings is 2. The summed E-state index contributed by atoms with van der Waals surface area (Å²) >= 11 is 0. The second-order valence-corrected chi connectivity index (χ2v) is 7.51. The Balaban J connectivity index is 1.48.